The zero-order chi connectivity index (χ0) is 13.4. The number of nitrogens with zero attached hydrogens (tertiary/aromatic N) is 2. The lowest BCUT2D eigenvalue weighted by Gasteiger charge is -2.10. The van der Waals surface area contributed by atoms with Gasteiger partial charge in [0.25, 0.3) is 0 Å². The van der Waals surface area contributed by atoms with Crippen LogP contribution in [0.5, 0.6) is 0 Å². The Morgan fingerprint density at radius 2 is 1.95 bits per heavy atom. The summed E-state index contributed by atoms with van der Waals surface area (Å²) in [6.45, 7) is 0. The van der Waals surface area contributed by atoms with Crippen LogP contribution in [0.15, 0.2) is 42.5 Å². The molecule has 3 aromatic rings. The molecule has 5 heteroatoms. The molecule has 1 aromatic heterocycles. The highest BCUT2D eigenvalue weighted by molar-refractivity contribution is 14.1. The Bertz CT molecular complexity index is 752. The van der Waals surface area contributed by atoms with Crippen molar-refractivity contribution in [2.75, 3.05) is 0 Å². The molecule has 0 N–H and O–H groups in total. The third-order valence-electron chi connectivity index (χ3n) is 2.90. The van der Waals surface area contributed by atoms with Gasteiger partial charge in [0.15, 0.2) is 0 Å². The van der Waals surface area contributed by atoms with Crippen LogP contribution in [-0.2, 0) is 5.88 Å². The largest absolute Gasteiger partial charge is 0.294 e. The lowest BCUT2D eigenvalue weighted by Crippen LogP contribution is -2.00. The first-order valence-electron chi connectivity index (χ1n) is 5.68. The van der Waals surface area contributed by atoms with Crippen molar-refractivity contribution in [3.63, 3.8) is 0 Å². The van der Waals surface area contributed by atoms with Gasteiger partial charge in [-0.15, -0.1) is 11.6 Å². The van der Waals surface area contributed by atoms with Crippen molar-refractivity contribution >= 4 is 56.8 Å². The summed E-state index contributed by atoms with van der Waals surface area (Å²) >= 11 is 14.6. The number of aromatic nitrogens is 2. The van der Waals surface area contributed by atoms with Crippen molar-refractivity contribution in [3.8, 4) is 5.69 Å². The second kappa shape index (κ2) is 5.31. The van der Waals surface area contributed by atoms with Crippen molar-refractivity contribution in [2.24, 2.45) is 0 Å². The van der Waals surface area contributed by atoms with E-state index in [1.807, 2.05) is 47.0 Å². The molecule has 1 heterocycles. The average molecular weight is 403 g/mol. The molecule has 0 spiro atoms. The first kappa shape index (κ1) is 13.2. The van der Waals surface area contributed by atoms with Gasteiger partial charge in [-0.05, 0) is 52.9 Å². The molecule has 19 heavy (non-hydrogen) atoms. The third-order valence-corrected chi connectivity index (χ3v) is 4.11. The Morgan fingerprint density at radius 3 is 2.68 bits per heavy atom. The summed E-state index contributed by atoms with van der Waals surface area (Å²) in [4.78, 5) is 4.54. The maximum atomic E-state index is 6.35. The van der Waals surface area contributed by atoms with Crippen molar-refractivity contribution in [3.05, 3.63) is 56.9 Å². The number of para-hydroxylation sites is 2. The number of alkyl halides is 1. The van der Waals surface area contributed by atoms with E-state index in [0.29, 0.717) is 10.9 Å². The van der Waals surface area contributed by atoms with Crippen LogP contribution in [0.1, 0.15) is 5.82 Å². The summed E-state index contributed by atoms with van der Waals surface area (Å²) in [6, 6.07) is 13.9. The van der Waals surface area contributed by atoms with Gasteiger partial charge in [0.2, 0.25) is 0 Å². The maximum Gasteiger partial charge on any atom is 0.129 e. The number of hydrogen-bond donors (Lipinski definition) is 0. The van der Waals surface area contributed by atoms with Crippen molar-refractivity contribution in [1.82, 2.24) is 9.55 Å². The van der Waals surface area contributed by atoms with Crippen LogP contribution in [0.25, 0.3) is 16.7 Å². The number of rotatable bonds is 2. The van der Waals surface area contributed by atoms with E-state index in [2.05, 4.69) is 27.6 Å². The summed E-state index contributed by atoms with van der Waals surface area (Å²) in [7, 11) is 0. The first-order valence-corrected chi connectivity index (χ1v) is 7.67. The van der Waals surface area contributed by atoms with Gasteiger partial charge < -0.3 is 0 Å². The highest BCUT2D eigenvalue weighted by atomic mass is 127. The predicted molar refractivity (Wildman–Crippen MR) is 88.4 cm³/mol. The number of benzene rings is 2. The molecular formula is C14H9Cl2IN2. The van der Waals surface area contributed by atoms with Crippen LogP contribution in [0.4, 0.5) is 0 Å². The number of imidazole rings is 1. The van der Waals surface area contributed by atoms with E-state index in [0.717, 1.165) is 26.1 Å². The molecule has 2 nitrogen and oxygen atoms in total. The minimum Gasteiger partial charge on any atom is -0.294 e. The molecule has 0 radical (unpaired) electrons. The van der Waals surface area contributed by atoms with E-state index in [9.17, 15) is 0 Å². The van der Waals surface area contributed by atoms with Gasteiger partial charge in [0.1, 0.15) is 5.82 Å². The molecule has 0 bridgehead atoms. The van der Waals surface area contributed by atoms with E-state index >= 15 is 0 Å². The van der Waals surface area contributed by atoms with Gasteiger partial charge in [-0.1, -0.05) is 23.7 Å². The topological polar surface area (TPSA) is 17.8 Å². The Kier molecular flexibility index (Phi) is 3.69. The van der Waals surface area contributed by atoms with Crippen LogP contribution in [0.2, 0.25) is 5.02 Å². The van der Waals surface area contributed by atoms with Gasteiger partial charge >= 0.3 is 0 Å². The predicted octanol–water partition coefficient (Wildman–Crippen LogP) is 5.02. The fourth-order valence-electron chi connectivity index (χ4n) is 2.10. The number of hydrogen-bond acceptors (Lipinski definition) is 1. The fourth-order valence-corrected chi connectivity index (χ4v) is 3.22. The summed E-state index contributed by atoms with van der Waals surface area (Å²) < 4.78 is 3.11. The molecule has 3 rings (SSSR count). The normalized spacial score (nSPS) is 11.1. The smallest absolute Gasteiger partial charge is 0.129 e. The summed E-state index contributed by atoms with van der Waals surface area (Å²) in [5.41, 5.74) is 2.85. The van der Waals surface area contributed by atoms with Gasteiger partial charge in [0, 0.05) is 3.57 Å². The molecule has 0 saturated carbocycles. The average Bonchev–Trinajstić information content (AvgIpc) is 2.77. The van der Waals surface area contributed by atoms with Gasteiger partial charge in [-0.25, -0.2) is 4.98 Å². The summed E-state index contributed by atoms with van der Waals surface area (Å²) in [5.74, 6) is 1.14. The molecule has 0 aliphatic rings. The molecule has 0 aliphatic heterocycles. The molecule has 0 aliphatic carbocycles. The van der Waals surface area contributed by atoms with Crippen LogP contribution in [0.3, 0.4) is 0 Å². The maximum absolute atomic E-state index is 6.35. The SMILES string of the molecule is ClCc1nc2ccccc2n1-c1ccc(I)cc1Cl. The minimum absolute atomic E-state index is 0.344. The quantitative estimate of drug-likeness (QED) is 0.434. The number of halogens is 3. The second-order valence-corrected chi connectivity index (χ2v) is 6.00. The molecule has 0 unspecified atom stereocenters. The summed E-state index contributed by atoms with van der Waals surface area (Å²) in [5, 5.41) is 0.696. The summed E-state index contributed by atoms with van der Waals surface area (Å²) in [6.07, 6.45) is 0. The zero-order valence-corrected chi connectivity index (χ0v) is 13.4. The molecule has 0 atom stereocenters. The Morgan fingerprint density at radius 1 is 1.16 bits per heavy atom. The van der Waals surface area contributed by atoms with Gasteiger partial charge in [-0.2, -0.15) is 0 Å². The van der Waals surface area contributed by atoms with Crippen molar-refractivity contribution in [1.29, 1.82) is 0 Å². The fraction of sp³-hybridized carbons (Fsp3) is 0.0714. The van der Waals surface area contributed by atoms with Gasteiger partial charge in [0.05, 0.1) is 27.6 Å². The molecular weight excluding hydrogens is 394 g/mol. The lowest BCUT2D eigenvalue weighted by molar-refractivity contribution is 0.981. The molecule has 0 amide bonds. The third kappa shape index (κ3) is 2.35. The molecule has 96 valence electrons. The number of fused-ring (bicyclic) bond motifs is 1. The van der Waals surface area contributed by atoms with E-state index in [1.54, 1.807) is 0 Å². The van der Waals surface area contributed by atoms with Gasteiger partial charge in [-0.3, -0.25) is 4.57 Å². The molecule has 0 saturated heterocycles. The zero-order valence-electron chi connectivity index (χ0n) is 9.78. The standard InChI is InChI=1S/C14H9Cl2IN2/c15-8-14-18-11-3-1-2-4-13(11)19(14)12-6-5-9(17)7-10(12)16/h1-7H,8H2. The Hall–Kier alpha value is -0.780. The minimum atomic E-state index is 0.344. The van der Waals surface area contributed by atoms with Crippen LogP contribution >= 0.6 is 45.8 Å². The highest BCUT2D eigenvalue weighted by Gasteiger charge is 2.13. The highest BCUT2D eigenvalue weighted by Crippen LogP contribution is 2.28. The first-order chi connectivity index (χ1) is 9.20. The Labute approximate surface area is 134 Å². The van der Waals surface area contributed by atoms with Crippen LogP contribution in [-0.4, -0.2) is 9.55 Å². The second-order valence-electron chi connectivity index (χ2n) is 4.08. The Balaban J connectivity index is 2.34. The van der Waals surface area contributed by atoms with E-state index < -0.39 is 0 Å². The molecule has 2 aromatic carbocycles. The van der Waals surface area contributed by atoms with Crippen molar-refractivity contribution in [2.45, 2.75) is 5.88 Å². The van der Waals surface area contributed by atoms with E-state index in [1.165, 1.54) is 0 Å². The van der Waals surface area contributed by atoms with E-state index in [-0.39, 0.29) is 0 Å². The van der Waals surface area contributed by atoms with Crippen LogP contribution in [0, 0.1) is 3.57 Å². The van der Waals surface area contributed by atoms with Crippen LogP contribution < -0.4 is 0 Å². The monoisotopic (exact) mass is 402 g/mol. The molecule has 0 fully saturated rings. The van der Waals surface area contributed by atoms with Crippen molar-refractivity contribution < 1.29 is 0 Å². The lowest BCUT2D eigenvalue weighted by atomic mass is 10.3. The van der Waals surface area contributed by atoms with E-state index in [4.69, 9.17) is 23.2 Å².